The second-order valence-corrected chi connectivity index (χ2v) is 4.24. The molecule has 5 heteroatoms. The average molecular weight is 227 g/mol. The van der Waals surface area contributed by atoms with Crippen LogP contribution in [-0.4, -0.2) is 23.0 Å². The Morgan fingerprint density at radius 3 is 2.80 bits per heavy atom. The molecule has 0 saturated heterocycles. The van der Waals surface area contributed by atoms with Crippen molar-refractivity contribution in [2.75, 3.05) is 0 Å². The van der Waals surface area contributed by atoms with Crippen LogP contribution in [0.1, 0.15) is 18.2 Å². The summed E-state index contributed by atoms with van der Waals surface area (Å²) in [5, 5.41) is 13.2. The fourth-order valence-electron chi connectivity index (χ4n) is 1.24. The van der Waals surface area contributed by atoms with Crippen molar-refractivity contribution in [3.05, 3.63) is 22.4 Å². The van der Waals surface area contributed by atoms with Crippen molar-refractivity contribution in [2.24, 2.45) is 0 Å². The summed E-state index contributed by atoms with van der Waals surface area (Å²) in [6.45, 7) is 1.32. The van der Waals surface area contributed by atoms with Crippen molar-refractivity contribution in [2.45, 2.75) is 25.8 Å². The van der Waals surface area contributed by atoms with Gasteiger partial charge in [0.2, 0.25) is 5.91 Å². The number of hydrogen-bond acceptors (Lipinski definition) is 3. The molecule has 2 N–H and O–H groups in total. The van der Waals surface area contributed by atoms with Gasteiger partial charge in [0.25, 0.3) is 0 Å². The third-order valence-electron chi connectivity index (χ3n) is 1.94. The van der Waals surface area contributed by atoms with Gasteiger partial charge in [-0.2, -0.15) is 0 Å². The first-order valence-electron chi connectivity index (χ1n) is 4.62. The van der Waals surface area contributed by atoms with Crippen molar-refractivity contribution in [3.8, 4) is 0 Å². The molecule has 0 aliphatic carbocycles. The maximum absolute atomic E-state index is 10.8. The monoisotopic (exact) mass is 227 g/mol. The first-order chi connectivity index (χ1) is 7.09. The molecule has 0 saturated carbocycles. The molecule has 0 spiro atoms. The van der Waals surface area contributed by atoms with E-state index >= 15 is 0 Å². The highest BCUT2D eigenvalue weighted by molar-refractivity contribution is 7.09. The van der Waals surface area contributed by atoms with Crippen LogP contribution in [0, 0.1) is 0 Å². The van der Waals surface area contributed by atoms with Crippen LogP contribution < -0.4 is 5.32 Å². The summed E-state index contributed by atoms with van der Waals surface area (Å²) >= 11 is 1.59. The molecule has 82 valence electrons. The zero-order chi connectivity index (χ0) is 11.3. The van der Waals surface area contributed by atoms with Gasteiger partial charge in [0, 0.05) is 11.8 Å². The first-order valence-corrected chi connectivity index (χ1v) is 5.50. The Kier molecular flexibility index (Phi) is 4.30. The number of rotatable bonds is 5. The number of carboxylic acid groups (broad SMARTS) is 1. The standard InChI is InChI=1S/C10H13NO3S/c1-7(12)11-9(10(13)14)5-4-8-3-2-6-15-8/h2-3,6,9H,4-5H2,1H3,(H,11,12)(H,13,14). The Balaban J connectivity index is 2.45. The van der Waals surface area contributed by atoms with Crippen LogP contribution in [0.4, 0.5) is 0 Å². The van der Waals surface area contributed by atoms with Crippen LogP contribution in [0.25, 0.3) is 0 Å². The fraction of sp³-hybridized carbons (Fsp3) is 0.400. The van der Waals surface area contributed by atoms with Crippen LogP contribution in [0.2, 0.25) is 0 Å². The van der Waals surface area contributed by atoms with Crippen LogP contribution in [0.3, 0.4) is 0 Å². The summed E-state index contributed by atoms with van der Waals surface area (Å²) in [5.74, 6) is -1.30. The van der Waals surface area contributed by atoms with E-state index in [9.17, 15) is 9.59 Å². The number of carboxylic acids is 1. The third kappa shape index (κ3) is 4.12. The second-order valence-electron chi connectivity index (χ2n) is 3.21. The lowest BCUT2D eigenvalue weighted by Gasteiger charge is -2.11. The molecule has 1 heterocycles. The molecule has 4 nitrogen and oxygen atoms in total. The smallest absolute Gasteiger partial charge is 0.326 e. The molecule has 0 fully saturated rings. The highest BCUT2D eigenvalue weighted by Gasteiger charge is 2.17. The highest BCUT2D eigenvalue weighted by atomic mass is 32.1. The molecule has 0 aliphatic heterocycles. The molecule has 1 atom stereocenters. The normalized spacial score (nSPS) is 12.1. The Morgan fingerprint density at radius 2 is 2.33 bits per heavy atom. The predicted octanol–water partition coefficient (Wildman–Crippen LogP) is 1.27. The van der Waals surface area contributed by atoms with E-state index in [1.165, 1.54) is 6.92 Å². The van der Waals surface area contributed by atoms with Gasteiger partial charge in [0.05, 0.1) is 0 Å². The first kappa shape index (κ1) is 11.7. The van der Waals surface area contributed by atoms with Crippen molar-refractivity contribution >= 4 is 23.2 Å². The number of carbonyl (C=O) groups is 2. The molecule has 1 aromatic heterocycles. The number of aliphatic carboxylic acids is 1. The van der Waals surface area contributed by atoms with Crippen LogP contribution >= 0.6 is 11.3 Å². The number of carbonyl (C=O) groups excluding carboxylic acids is 1. The van der Waals surface area contributed by atoms with Gasteiger partial charge in [-0.15, -0.1) is 11.3 Å². The van der Waals surface area contributed by atoms with Gasteiger partial charge < -0.3 is 10.4 Å². The summed E-state index contributed by atoms with van der Waals surface area (Å²) in [4.78, 5) is 22.7. The summed E-state index contributed by atoms with van der Waals surface area (Å²) < 4.78 is 0. The SMILES string of the molecule is CC(=O)NC(CCc1cccs1)C(=O)O. The largest absolute Gasteiger partial charge is 0.480 e. The fourth-order valence-corrected chi connectivity index (χ4v) is 1.97. The predicted molar refractivity (Wildman–Crippen MR) is 57.9 cm³/mol. The minimum absolute atomic E-state index is 0.312. The van der Waals surface area contributed by atoms with E-state index in [4.69, 9.17) is 5.11 Å². The van der Waals surface area contributed by atoms with E-state index in [1.54, 1.807) is 11.3 Å². The molecule has 1 unspecified atom stereocenters. The zero-order valence-corrected chi connectivity index (χ0v) is 9.21. The molecule has 1 aromatic rings. The van der Waals surface area contributed by atoms with Crippen molar-refractivity contribution in [1.29, 1.82) is 0 Å². The van der Waals surface area contributed by atoms with Crippen molar-refractivity contribution in [3.63, 3.8) is 0 Å². The van der Waals surface area contributed by atoms with E-state index in [2.05, 4.69) is 5.32 Å². The molecule has 0 bridgehead atoms. The molecular formula is C10H13NO3S. The topological polar surface area (TPSA) is 66.4 Å². The van der Waals surface area contributed by atoms with Gasteiger partial charge >= 0.3 is 5.97 Å². The van der Waals surface area contributed by atoms with E-state index in [-0.39, 0.29) is 5.91 Å². The summed E-state index contributed by atoms with van der Waals surface area (Å²) in [5.41, 5.74) is 0. The Hall–Kier alpha value is -1.36. The number of aryl methyl sites for hydroxylation is 1. The van der Waals surface area contributed by atoms with E-state index in [0.717, 1.165) is 4.88 Å². The maximum atomic E-state index is 10.8. The van der Waals surface area contributed by atoms with Gasteiger partial charge in [0.1, 0.15) is 6.04 Å². The molecule has 15 heavy (non-hydrogen) atoms. The average Bonchev–Trinajstić information content (AvgIpc) is 2.63. The quantitative estimate of drug-likeness (QED) is 0.796. The van der Waals surface area contributed by atoms with Crippen molar-refractivity contribution < 1.29 is 14.7 Å². The van der Waals surface area contributed by atoms with Gasteiger partial charge in [-0.05, 0) is 24.3 Å². The van der Waals surface area contributed by atoms with Crippen molar-refractivity contribution in [1.82, 2.24) is 5.32 Å². The molecule has 1 amide bonds. The zero-order valence-electron chi connectivity index (χ0n) is 8.40. The van der Waals surface area contributed by atoms with E-state index in [1.807, 2.05) is 17.5 Å². The molecule has 1 rings (SSSR count). The van der Waals surface area contributed by atoms with Gasteiger partial charge in [0.15, 0.2) is 0 Å². The van der Waals surface area contributed by atoms with Crippen LogP contribution in [0.5, 0.6) is 0 Å². The van der Waals surface area contributed by atoms with E-state index < -0.39 is 12.0 Å². The minimum Gasteiger partial charge on any atom is -0.480 e. The Bertz CT molecular complexity index is 334. The second kappa shape index (κ2) is 5.50. The third-order valence-corrected chi connectivity index (χ3v) is 2.87. The summed E-state index contributed by atoms with van der Waals surface area (Å²) in [6.07, 6.45) is 1.10. The van der Waals surface area contributed by atoms with Gasteiger partial charge in [-0.25, -0.2) is 4.79 Å². The van der Waals surface area contributed by atoms with Crippen LogP contribution in [-0.2, 0) is 16.0 Å². The lowest BCUT2D eigenvalue weighted by atomic mass is 10.1. The number of nitrogens with one attached hydrogen (secondary N) is 1. The number of amides is 1. The lowest BCUT2D eigenvalue weighted by molar-refractivity contribution is -0.141. The summed E-state index contributed by atoms with van der Waals surface area (Å²) in [6, 6.07) is 3.09. The molecule has 0 aromatic carbocycles. The Labute approximate surface area is 91.9 Å². The maximum Gasteiger partial charge on any atom is 0.326 e. The van der Waals surface area contributed by atoms with Gasteiger partial charge in [-0.1, -0.05) is 6.07 Å². The Morgan fingerprint density at radius 1 is 1.60 bits per heavy atom. The number of thiophene rings is 1. The minimum atomic E-state index is -0.984. The van der Waals surface area contributed by atoms with Crippen LogP contribution in [0.15, 0.2) is 17.5 Å². The highest BCUT2D eigenvalue weighted by Crippen LogP contribution is 2.12. The molecule has 0 aliphatic rings. The van der Waals surface area contributed by atoms with Gasteiger partial charge in [-0.3, -0.25) is 4.79 Å². The summed E-state index contributed by atoms with van der Waals surface area (Å²) in [7, 11) is 0. The number of hydrogen-bond donors (Lipinski definition) is 2. The van der Waals surface area contributed by atoms with E-state index in [0.29, 0.717) is 12.8 Å². The lowest BCUT2D eigenvalue weighted by Crippen LogP contribution is -2.39. The molecule has 0 radical (unpaired) electrons. The molecular weight excluding hydrogens is 214 g/mol.